The molecule has 1 aliphatic heterocycles. The number of nitrogen functional groups attached to an aromatic ring is 1. The minimum absolute atomic E-state index is 0. The van der Waals surface area contributed by atoms with E-state index in [2.05, 4.69) is 4.98 Å². The van der Waals surface area contributed by atoms with Gasteiger partial charge in [-0.05, 0) is 6.07 Å². The highest BCUT2D eigenvalue weighted by atomic mass is 24.3. The summed E-state index contributed by atoms with van der Waals surface area (Å²) in [7, 11) is 1.45. The third-order valence-corrected chi connectivity index (χ3v) is 2.50. The van der Waals surface area contributed by atoms with Crippen LogP contribution in [-0.4, -0.2) is 63.6 Å². The first-order valence-corrected chi connectivity index (χ1v) is 4.80. The van der Waals surface area contributed by atoms with E-state index < -0.39 is 24.1 Å². The molecule has 90 valence electrons. The summed E-state index contributed by atoms with van der Waals surface area (Å²) >= 11 is 0. The number of anilines is 1. The van der Waals surface area contributed by atoms with Crippen molar-refractivity contribution in [2.75, 3.05) is 19.5 Å². The second-order valence-corrected chi connectivity index (χ2v) is 3.53. The summed E-state index contributed by atoms with van der Waals surface area (Å²) in [4.78, 5) is 15.1. The smallest absolute Gasteiger partial charge is 0.351 e. The maximum atomic E-state index is 11.5. The molecule has 2 heterocycles. The van der Waals surface area contributed by atoms with Crippen molar-refractivity contribution < 1.29 is 14.6 Å². The van der Waals surface area contributed by atoms with E-state index in [4.69, 9.17) is 15.2 Å². The van der Waals surface area contributed by atoms with Crippen LogP contribution in [0, 0.1) is 0 Å². The van der Waals surface area contributed by atoms with Gasteiger partial charge in [0.05, 0.1) is 6.61 Å². The second-order valence-electron chi connectivity index (χ2n) is 3.53. The van der Waals surface area contributed by atoms with Crippen LogP contribution in [0.1, 0.15) is 6.23 Å². The van der Waals surface area contributed by atoms with Gasteiger partial charge in [0, 0.05) is 36.4 Å². The summed E-state index contributed by atoms with van der Waals surface area (Å²) in [5.74, 6) is 0.147. The molecule has 0 saturated carbocycles. The number of aromatic nitrogens is 2. The zero-order chi connectivity index (χ0) is 11.7. The molecule has 1 aromatic rings. The van der Waals surface area contributed by atoms with Crippen LogP contribution >= 0.6 is 0 Å². The van der Waals surface area contributed by atoms with Gasteiger partial charge in [-0.2, -0.15) is 4.98 Å². The zero-order valence-corrected chi connectivity index (χ0v) is 10.9. The van der Waals surface area contributed by atoms with Gasteiger partial charge in [0.15, 0.2) is 6.23 Å². The monoisotopic (exact) mass is 251 g/mol. The van der Waals surface area contributed by atoms with Crippen LogP contribution in [0.5, 0.6) is 0 Å². The SMILES string of the molecule is CO[C@H]1[C@H](n2ccc(N)nc2=O)OC[C@@H]1O.[Mg]. The lowest BCUT2D eigenvalue weighted by molar-refractivity contribution is -0.0453. The van der Waals surface area contributed by atoms with E-state index in [9.17, 15) is 9.90 Å². The first kappa shape index (κ1) is 14.4. The molecule has 0 amide bonds. The lowest BCUT2D eigenvalue weighted by Crippen LogP contribution is -2.36. The van der Waals surface area contributed by atoms with Gasteiger partial charge >= 0.3 is 5.69 Å². The van der Waals surface area contributed by atoms with E-state index in [0.29, 0.717) is 0 Å². The summed E-state index contributed by atoms with van der Waals surface area (Å²) in [6.45, 7) is 0.125. The number of methoxy groups -OCH3 is 1. The number of nitrogens with two attached hydrogens (primary N) is 1. The zero-order valence-electron chi connectivity index (χ0n) is 9.44. The van der Waals surface area contributed by atoms with Crippen LogP contribution in [0.3, 0.4) is 0 Å². The molecule has 1 aromatic heterocycles. The molecule has 2 rings (SSSR count). The van der Waals surface area contributed by atoms with Crippen molar-refractivity contribution in [2.45, 2.75) is 18.4 Å². The molecule has 0 bridgehead atoms. The molecule has 17 heavy (non-hydrogen) atoms. The quantitative estimate of drug-likeness (QED) is 0.611. The fraction of sp³-hybridized carbons (Fsp3) is 0.556. The van der Waals surface area contributed by atoms with E-state index in [1.807, 2.05) is 0 Å². The maximum Gasteiger partial charge on any atom is 0.351 e. The highest BCUT2D eigenvalue weighted by molar-refractivity contribution is 5.75. The fourth-order valence-corrected chi connectivity index (χ4v) is 1.71. The molecule has 1 saturated heterocycles. The summed E-state index contributed by atoms with van der Waals surface area (Å²) in [6.07, 6.45) is -0.525. The van der Waals surface area contributed by atoms with Crippen molar-refractivity contribution in [3.63, 3.8) is 0 Å². The average Bonchev–Trinajstić information content (AvgIpc) is 2.59. The van der Waals surface area contributed by atoms with Crippen molar-refractivity contribution in [2.24, 2.45) is 0 Å². The number of hydrogen-bond donors (Lipinski definition) is 2. The molecule has 0 aliphatic carbocycles. The highest BCUT2D eigenvalue weighted by Crippen LogP contribution is 2.24. The summed E-state index contributed by atoms with van der Waals surface area (Å²) in [5, 5.41) is 9.56. The topological polar surface area (TPSA) is 99.6 Å². The Morgan fingerprint density at radius 3 is 3.00 bits per heavy atom. The highest BCUT2D eigenvalue weighted by Gasteiger charge is 2.38. The molecule has 3 N–H and O–H groups in total. The van der Waals surface area contributed by atoms with Crippen molar-refractivity contribution in [1.29, 1.82) is 0 Å². The first-order valence-electron chi connectivity index (χ1n) is 4.80. The number of aliphatic hydroxyl groups excluding tert-OH is 1. The number of hydrogen-bond acceptors (Lipinski definition) is 6. The minimum Gasteiger partial charge on any atom is -0.388 e. The number of nitrogens with zero attached hydrogens (tertiary/aromatic N) is 2. The van der Waals surface area contributed by atoms with Gasteiger partial charge in [-0.1, -0.05) is 0 Å². The van der Waals surface area contributed by atoms with Gasteiger partial charge in [0.25, 0.3) is 0 Å². The summed E-state index contributed by atoms with van der Waals surface area (Å²) < 4.78 is 11.6. The number of ether oxygens (including phenoxy) is 2. The van der Waals surface area contributed by atoms with Gasteiger partial charge in [-0.15, -0.1) is 0 Å². The second kappa shape index (κ2) is 5.78. The predicted octanol–water partition coefficient (Wildman–Crippen LogP) is -1.65. The van der Waals surface area contributed by atoms with E-state index in [0.717, 1.165) is 0 Å². The third kappa shape index (κ3) is 2.77. The van der Waals surface area contributed by atoms with Crippen LogP contribution in [0.25, 0.3) is 0 Å². The Morgan fingerprint density at radius 1 is 1.71 bits per heavy atom. The van der Waals surface area contributed by atoms with Crippen molar-refractivity contribution in [1.82, 2.24) is 9.55 Å². The Kier molecular flexibility index (Phi) is 4.89. The van der Waals surface area contributed by atoms with E-state index in [-0.39, 0.29) is 35.5 Å². The molecule has 0 unspecified atom stereocenters. The van der Waals surface area contributed by atoms with Crippen LogP contribution in [0.4, 0.5) is 5.82 Å². The predicted molar refractivity (Wildman–Crippen MR) is 60.5 cm³/mol. The Balaban J connectivity index is 0.00000144. The molecule has 7 nitrogen and oxygen atoms in total. The Morgan fingerprint density at radius 2 is 2.41 bits per heavy atom. The first-order chi connectivity index (χ1) is 7.63. The van der Waals surface area contributed by atoms with E-state index >= 15 is 0 Å². The van der Waals surface area contributed by atoms with Gasteiger partial charge < -0.3 is 20.3 Å². The molecule has 8 heteroatoms. The Hall–Kier alpha value is -0.674. The van der Waals surface area contributed by atoms with E-state index in [1.165, 1.54) is 23.9 Å². The normalized spacial score (nSPS) is 27.8. The average molecular weight is 252 g/mol. The van der Waals surface area contributed by atoms with Gasteiger partial charge in [0.2, 0.25) is 0 Å². The van der Waals surface area contributed by atoms with Gasteiger partial charge in [-0.3, -0.25) is 4.57 Å². The van der Waals surface area contributed by atoms with Gasteiger partial charge in [0.1, 0.15) is 18.0 Å². The van der Waals surface area contributed by atoms with Crippen LogP contribution in [-0.2, 0) is 9.47 Å². The van der Waals surface area contributed by atoms with Crippen LogP contribution < -0.4 is 11.4 Å². The third-order valence-electron chi connectivity index (χ3n) is 2.50. The molecule has 1 fully saturated rings. The number of aliphatic hydroxyl groups is 1. The largest absolute Gasteiger partial charge is 0.388 e. The van der Waals surface area contributed by atoms with Crippen LogP contribution in [0.2, 0.25) is 0 Å². The fourth-order valence-electron chi connectivity index (χ4n) is 1.71. The molecule has 0 spiro atoms. The standard InChI is InChI=1S/C9H13N3O4.Mg/c1-15-7-5(13)4-16-8(7)12-3-2-6(10)11-9(12)14;/h2-3,5,7-8,13H,4H2,1H3,(H2,10,11,14);/t5-,7+,8+;/m0./s1. The molecule has 1 aliphatic rings. The van der Waals surface area contributed by atoms with Crippen molar-refractivity contribution in [3.05, 3.63) is 22.7 Å². The lowest BCUT2D eigenvalue weighted by Gasteiger charge is -2.20. The molecule has 3 atom stereocenters. The Labute approximate surface area is 114 Å². The Bertz CT molecular complexity index is 438. The molecule has 0 aromatic carbocycles. The molecule has 2 radical (unpaired) electrons. The molecular weight excluding hydrogens is 238 g/mol. The van der Waals surface area contributed by atoms with E-state index in [1.54, 1.807) is 0 Å². The number of rotatable bonds is 2. The van der Waals surface area contributed by atoms with Crippen LogP contribution in [0.15, 0.2) is 17.1 Å². The summed E-state index contributed by atoms with van der Waals surface area (Å²) in [6, 6.07) is 1.49. The summed E-state index contributed by atoms with van der Waals surface area (Å²) in [5.41, 5.74) is 4.85. The lowest BCUT2D eigenvalue weighted by atomic mass is 10.2. The van der Waals surface area contributed by atoms with Crippen molar-refractivity contribution >= 4 is 28.9 Å². The molecular formula is C9H13MgN3O4. The van der Waals surface area contributed by atoms with Gasteiger partial charge in [-0.25, -0.2) is 4.79 Å². The van der Waals surface area contributed by atoms with Crippen molar-refractivity contribution in [3.8, 4) is 0 Å². The maximum absolute atomic E-state index is 11.5. The minimum atomic E-state index is -0.751.